The van der Waals surface area contributed by atoms with Gasteiger partial charge in [-0.25, -0.2) is 4.98 Å². The first-order valence-electron chi connectivity index (χ1n) is 12.7. The Morgan fingerprint density at radius 3 is 2.74 bits per heavy atom. The van der Waals surface area contributed by atoms with Gasteiger partial charge in [-0.05, 0) is 60.7 Å². The number of carbonyl (C=O) groups excluding carboxylic acids is 1. The Morgan fingerprint density at radius 2 is 2.03 bits per heavy atom. The quantitative estimate of drug-likeness (QED) is 0.292. The number of rotatable bonds is 11. The minimum absolute atomic E-state index is 0.0182. The van der Waals surface area contributed by atoms with Crippen molar-refractivity contribution in [2.24, 2.45) is 11.8 Å². The number of carboxylic acids is 1. The number of hydrogen-bond donors (Lipinski definition) is 1. The Bertz CT molecular complexity index is 1120. The molecule has 1 aliphatic rings. The summed E-state index contributed by atoms with van der Waals surface area (Å²) in [6.07, 6.45) is 8.78. The SMILES string of the molecule is CCCCC(CC(=O)O)CC(=O)c1ccc2c(c1)nc(Cc1cccs1)n2[C@@H]1CCCC[C@H]1C. The first-order chi connectivity index (χ1) is 16.5. The second kappa shape index (κ2) is 11.3. The number of Topliss-reactive ketones (excluding diaryl/α,β-unsaturated/α-hetero) is 1. The highest BCUT2D eigenvalue weighted by Crippen LogP contribution is 2.37. The molecule has 2 aromatic heterocycles. The molecule has 5 nitrogen and oxygen atoms in total. The second-order valence-electron chi connectivity index (χ2n) is 9.92. The molecule has 3 aromatic rings. The number of unbranched alkanes of at least 4 members (excludes halogenated alkanes) is 1. The Labute approximate surface area is 206 Å². The van der Waals surface area contributed by atoms with Crippen molar-refractivity contribution in [1.82, 2.24) is 9.55 Å². The van der Waals surface area contributed by atoms with Crippen LogP contribution in [-0.2, 0) is 11.2 Å². The third-order valence-corrected chi connectivity index (χ3v) is 8.17. The largest absolute Gasteiger partial charge is 0.481 e. The predicted molar refractivity (Wildman–Crippen MR) is 138 cm³/mol. The van der Waals surface area contributed by atoms with Crippen LogP contribution in [0.2, 0.25) is 0 Å². The number of imidazole rings is 1. The fourth-order valence-electron chi connectivity index (χ4n) is 5.46. The molecular formula is C28H36N2O3S. The molecule has 0 bridgehead atoms. The molecule has 3 atom stereocenters. The lowest BCUT2D eigenvalue weighted by Crippen LogP contribution is -2.22. The summed E-state index contributed by atoms with van der Waals surface area (Å²) in [5, 5.41) is 11.4. The van der Waals surface area contributed by atoms with Gasteiger partial charge in [-0.15, -0.1) is 11.3 Å². The van der Waals surface area contributed by atoms with Gasteiger partial charge in [0.2, 0.25) is 0 Å². The number of fused-ring (bicyclic) bond motifs is 1. The lowest BCUT2D eigenvalue weighted by atomic mass is 9.85. The third kappa shape index (κ3) is 5.77. The van der Waals surface area contributed by atoms with Gasteiger partial charge in [0.15, 0.2) is 5.78 Å². The van der Waals surface area contributed by atoms with Crippen LogP contribution in [-0.4, -0.2) is 26.4 Å². The number of hydrogen-bond acceptors (Lipinski definition) is 4. The lowest BCUT2D eigenvalue weighted by Gasteiger charge is -2.31. The van der Waals surface area contributed by atoms with Crippen LogP contribution in [0, 0.1) is 11.8 Å². The summed E-state index contributed by atoms with van der Waals surface area (Å²) >= 11 is 1.75. The Balaban J connectivity index is 1.65. The topological polar surface area (TPSA) is 72.2 Å². The van der Waals surface area contributed by atoms with Crippen LogP contribution in [0.25, 0.3) is 11.0 Å². The maximum absolute atomic E-state index is 13.1. The molecule has 0 radical (unpaired) electrons. The summed E-state index contributed by atoms with van der Waals surface area (Å²) in [5.41, 5.74) is 2.62. The fraction of sp³-hybridized carbons (Fsp3) is 0.536. The minimum Gasteiger partial charge on any atom is -0.481 e. The van der Waals surface area contributed by atoms with E-state index in [1.54, 1.807) is 11.3 Å². The summed E-state index contributed by atoms with van der Waals surface area (Å²) in [4.78, 5) is 30.7. The summed E-state index contributed by atoms with van der Waals surface area (Å²) in [6.45, 7) is 4.44. The van der Waals surface area contributed by atoms with Gasteiger partial charge in [0, 0.05) is 35.7 Å². The van der Waals surface area contributed by atoms with Crippen molar-refractivity contribution in [2.45, 2.75) is 84.1 Å². The third-order valence-electron chi connectivity index (χ3n) is 7.30. The average Bonchev–Trinajstić information content (AvgIpc) is 3.44. The number of aromatic nitrogens is 2. The summed E-state index contributed by atoms with van der Waals surface area (Å²) in [6, 6.07) is 10.6. The van der Waals surface area contributed by atoms with Crippen LogP contribution in [0.15, 0.2) is 35.7 Å². The molecule has 1 aromatic carbocycles. The zero-order valence-electron chi connectivity index (χ0n) is 20.3. The van der Waals surface area contributed by atoms with Crippen molar-refractivity contribution in [2.75, 3.05) is 0 Å². The smallest absolute Gasteiger partial charge is 0.303 e. The number of ketones is 1. The van der Waals surface area contributed by atoms with Gasteiger partial charge in [0.05, 0.1) is 11.0 Å². The van der Waals surface area contributed by atoms with Gasteiger partial charge in [-0.2, -0.15) is 0 Å². The highest BCUT2D eigenvalue weighted by molar-refractivity contribution is 7.09. The average molecular weight is 481 g/mol. The van der Waals surface area contributed by atoms with Gasteiger partial charge in [0.1, 0.15) is 5.82 Å². The van der Waals surface area contributed by atoms with Gasteiger partial charge in [-0.1, -0.05) is 45.6 Å². The minimum atomic E-state index is -0.831. The van der Waals surface area contributed by atoms with Gasteiger partial charge in [-0.3, -0.25) is 9.59 Å². The molecular weight excluding hydrogens is 444 g/mol. The van der Waals surface area contributed by atoms with E-state index in [-0.39, 0.29) is 24.5 Å². The normalized spacial score (nSPS) is 19.4. The molecule has 1 N–H and O–H groups in total. The molecule has 0 aliphatic heterocycles. The molecule has 0 spiro atoms. The van der Waals surface area contributed by atoms with Crippen LogP contribution < -0.4 is 0 Å². The van der Waals surface area contributed by atoms with Gasteiger partial charge in [0.25, 0.3) is 0 Å². The molecule has 2 heterocycles. The van der Waals surface area contributed by atoms with E-state index in [0.29, 0.717) is 17.5 Å². The van der Waals surface area contributed by atoms with E-state index in [4.69, 9.17) is 4.98 Å². The van der Waals surface area contributed by atoms with Crippen LogP contribution in [0.3, 0.4) is 0 Å². The number of thiophene rings is 1. The zero-order valence-corrected chi connectivity index (χ0v) is 21.2. The summed E-state index contributed by atoms with van der Waals surface area (Å²) in [7, 11) is 0. The predicted octanol–water partition coefficient (Wildman–Crippen LogP) is 7.29. The van der Waals surface area contributed by atoms with Crippen LogP contribution in [0.1, 0.15) is 98.7 Å². The van der Waals surface area contributed by atoms with Crippen molar-refractivity contribution < 1.29 is 14.7 Å². The van der Waals surface area contributed by atoms with Crippen LogP contribution >= 0.6 is 11.3 Å². The van der Waals surface area contributed by atoms with Crippen molar-refractivity contribution in [3.8, 4) is 0 Å². The zero-order chi connectivity index (χ0) is 24.1. The highest BCUT2D eigenvalue weighted by Gasteiger charge is 2.27. The molecule has 0 saturated heterocycles. The fourth-order valence-corrected chi connectivity index (χ4v) is 6.16. The first-order valence-corrected chi connectivity index (χ1v) is 13.6. The molecule has 0 amide bonds. The van der Waals surface area contributed by atoms with E-state index in [2.05, 4.69) is 42.0 Å². The van der Waals surface area contributed by atoms with E-state index in [1.165, 1.54) is 30.6 Å². The van der Waals surface area contributed by atoms with E-state index >= 15 is 0 Å². The standard InChI is InChI=1S/C28H36N2O3S/c1-3-4-9-20(16-28(32)33)15-26(31)21-12-13-25-23(17-21)29-27(18-22-10-7-14-34-22)30(25)24-11-6-5-8-19(24)2/h7,10,12-14,17,19-20,24H,3-6,8-9,11,15-16,18H2,1-2H3,(H,32,33)/t19-,20?,24-/m1/s1. The molecule has 182 valence electrons. The number of aliphatic carboxylic acids is 1. The summed E-state index contributed by atoms with van der Waals surface area (Å²) in [5.74, 6) is 0.751. The molecule has 1 saturated carbocycles. The molecule has 6 heteroatoms. The van der Waals surface area contributed by atoms with Crippen LogP contribution in [0.5, 0.6) is 0 Å². The van der Waals surface area contributed by atoms with E-state index in [1.807, 2.05) is 12.1 Å². The Kier molecular flexibility index (Phi) is 8.19. The van der Waals surface area contributed by atoms with Gasteiger partial charge < -0.3 is 9.67 Å². The molecule has 4 rings (SSSR count). The van der Waals surface area contributed by atoms with Crippen molar-refractivity contribution >= 4 is 34.1 Å². The van der Waals surface area contributed by atoms with Crippen LogP contribution in [0.4, 0.5) is 0 Å². The summed E-state index contributed by atoms with van der Waals surface area (Å²) < 4.78 is 2.45. The second-order valence-corrected chi connectivity index (χ2v) is 11.0. The van der Waals surface area contributed by atoms with Crippen molar-refractivity contribution in [3.63, 3.8) is 0 Å². The van der Waals surface area contributed by atoms with E-state index < -0.39 is 5.97 Å². The molecule has 1 fully saturated rings. The highest BCUT2D eigenvalue weighted by atomic mass is 32.1. The lowest BCUT2D eigenvalue weighted by molar-refractivity contribution is -0.138. The monoisotopic (exact) mass is 480 g/mol. The number of carboxylic acid groups (broad SMARTS) is 1. The number of benzene rings is 1. The Hall–Kier alpha value is -2.47. The maximum atomic E-state index is 13.1. The van der Waals surface area contributed by atoms with E-state index in [0.717, 1.165) is 42.5 Å². The maximum Gasteiger partial charge on any atom is 0.303 e. The Morgan fingerprint density at radius 1 is 1.21 bits per heavy atom. The van der Waals surface area contributed by atoms with Crippen molar-refractivity contribution in [1.29, 1.82) is 0 Å². The van der Waals surface area contributed by atoms with Gasteiger partial charge >= 0.3 is 5.97 Å². The molecule has 1 aliphatic carbocycles. The van der Waals surface area contributed by atoms with Crippen molar-refractivity contribution in [3.05, 3.63) is 52.0 Å². The first kappa shape index (κ1) is 24.6. The van der Waals surface area contributed by atoms with E-state index in [9.17, 15) is 14.7 Å². The number of nitrogens with zero attached hydrogens (tertiary/aromatic N) is 2. The molecule has 1 unspecified atom stereocenters. The number of carbonyl (C=O) groups is 2. The molecule has 34 heavy (non-hydrogen) atoms.